The van der Waals surface area contributed by atoms with Crippen LogP contribution in [-0.2, 0) is 0 Å². The van der Waals surface area contributed by atoms with Gasteiger partial charge in [0.05, 0.1) is 12.1 Å². The minimum Gasteiger partial charge on any atom is -0.464 e. The molecular formula is C17H21NO2. The second-order valence-corrected chi connectivity index (χ2v) is 5.74. The molecule has 0 saturated carbocycles. The van der Waals surface area contributed by atoms with E-state index in [9.17, 15) is 4.79 Å². The summed E-state index contributed by atoms with van der Waals surface area (Å²) < 4.78 is 5.47. The van der Waals surface area contributed by atoms with Gasteiger partial charge >= 0.3 is 0 Å². The maximum absolute atomic E-state index is 12.5. The van der Waals surface area contributed by atoms with Crippen LogP contribution in [0.1, 0.15) is 43.0 Å². The summed E-state index contributed by atoms with van der Waals surface area (Å²) in [6.45, 7) is 3.76. The molecule has 2 heterocycles. The van der Waals surface area contributed by atoms with Crippen LogP contribution >= 0.6 is 0 Å². The fourth-order valence-corrected chi connectivity index (χ4v) is 3.03. The van der Waals surface area contributed by atoms with Crippen molar-refractivity contribution in [2.45, 2.75) is 38.6 Å². The van der Waals surface area contributed by atoms with E-state index in [1.54, 1.807) is 6.26 Å². The van der Waals surface area contributed by atoms with Gasteiger partial charge in [0.2, 0.25) is 0 Å². The molecule has 1 aliphatic rings. The lowest BCUT2D eigenvalue weighted by atomic mass is 10.1. The van der Waals surface area contributed by atoms with Crippen molar-refractivity contribution in [2.75, 3.05) is 13.1 Å². The van der Waals surface area contributed by atoms with Crippen LogP contribution in [0.4, 0.5) is 0 Å². The normalized spacial score (nSPS) is 20.9. The van der Waals surface area contributed by atoms with Crippen molar-refractivity contribution in [3.63, 3.8) is 0 Å². The average molecular weight is 271 g/mol. The predicted octanol–water partition coefficient (Wildman–Crippen LogP) is 3.88. The lowest BCUT2D eigenvalue weighted by molar-refractivity contribution is 0.0902. The quantitative estimate of drug-likeness (QED) is 0.794. The number of nitrogens with zero attached hydrogens (tertiary/aromatic N) is 1. The molecule has 1 aliphatic heterocycles. The monoisotopic (exact) mass is 271 g/mol. The Balaban J connectivity index is 1.78. The molecule has 0 aliphatic carbocycles. The summed E-state index contributed by atoms with van der Waals surface area (Å²) in [5, 5.41) is 0.931. The largest absolute Gasteiger partial charge is 0.464 e. The highest BCUT2D eigenvalue weighted by Gasteiger charge is 2.21. The van der Waals surface area contributed by atoms with Gasteiger partial charge in [0.25, 0.3) is 0 Å². The minimum absolute atomic E-state index is 0.170. The van der Waals surface area contributed by atoms with Crippen molar-refractivity contribution >= 4 is 16.8 Å². The zero-order valence-electron chi connectivity index (χ0n) is 12.0. The van der Waals surface area contributed by atoms with Crippen molar-refractivity contribution in [3.05, 3.63) is 36.1 Å². The van der Waals surface area contributed by atoms with Gasteiger partial charge in [-0.2, -0.15) is 0 Å². The van der Waals surface area contributed by atoms with Crippen molar-refractivity contribution in [3.8, 4) is 0 Å². The highest BCUT2D eigenvalue weighted by atomic mass is 16.3. The molecule has 0 N–H and O–H groups in total. The summed E-state index contributed by atoms with van der Waals surface area (Å²) >= 11 is 0. The lowest BCUT2D eigenvalue weighted by Gasteiger charge is -2.25. The number of benzene rings is 1. The van der Waals surface area contributed by atoms with E-state index >= 15 is 0 Å². The summed E-state index contributed by atoms with van der Waals surface area (Å²) in [7, 11) is 0. The second kappa shape index (κ2) is 5.80. The van der Waals surface area contributed by atoms with Crippen LogP contribution in [0.25, 0.3) is 11.0 Å². The number of hydrogen-bond donors (Lipinski definition) is 0. The third-order valence-electron chi connectivity index (χ3n) is 4.32. The molecule has 20 heavy (non-hydrogen) atoms. The Hall–Kier alpha value is -1.61. The number of Topliss-reactive ketones (excluding diaryl/α,β-unsaturated/α-hetero) is 1. The second-order valence-electron chi connectivity index (χ2n) is 5.74. The molecule has 0 bridgehead atoms. The molecule has 1 atom stereocenters. The van der Waals surface area contributed by atoms with Crippen LogP contribution < -0.4 is 0 Å². The van der Waals surface area contributed by atoms with Crippen LogP contribution in [0.5, 0.6) is 0 Å². The third kappa shape index (κ3) is 2.63. The number of para-hydroxylation sites is 1. The zero-order valence-corrected chi connectivity index (χ0v) is 12.0. The summed E-state index contributed by atoms with van der Waals surface area (Å²) in [4.78, 5) is 14.9. The van der Waals surface area contributed by atoms with Gasteiger partial charge < -0.3 is 4.42 Å². The van der Waals surface area contributed by atoms with Gasteiger partial charge in [0, 0.05) is 11.4 Å². The molecule has 0 radical (unpaired) electrons. The maximum Gasteiger partial charge on any atom is 0.180 e. The molecule has 3 nitrogen and oxygen atoms in total. The summed E-state index contributed by atoms with van der Waals surface area (Å²) in [6.07, 6.45) is 6.56. The van der Waals surface area contributed by atoms with E-state index in [0.717, 1.165) is 23.1 Å². The Morgan fingerprint density at radius 2 is 2.15 bits per heavy atom. The Bertz CT molecular complexity index is 602. The highest BCUT2D eigenvalue weighted by Crippen LogP contribution is 2.22. The number of likely N-dealkylation sites (tertiary alicyclic amines) is 1. The van der Waals surface area contributed by atoms with E-state index in [-0.39, 0.29) is 5.78 Å². The van der Waals surface area contributed by atoms with Crippen LogP contribution in [0, 0.1) is 0 Å². The molecule has 0 amide bonds. The highest BCUT2D eigenvalue weighted by molar-refractivity contribution is 6.08. The van der Waals surface area contributed by atoms with Crippen LogP contribution in [-0.4, -0.2) is 29.8 Å². The number of ketones is 1. The average Bonchev–Trinajstić information content (AvgIpc) is 2.79. The van der Waals surface area contributed by atoms with E-state index in [2.05, 4.69) is 11.8 Å². The van der Waals surface area contributed by atoms with E-state index in [0.29, 0.717) is 12.6 Å². The SMILES string of the molecule is CC1CCCCCN1CC(=O)c1coc2ccccc12. The van der Waals surface area contributed by atoms with Crippen molar-refractivity contribution in [1.82, 2.24) is 4.90 Å². The van der Waals surface area contributed by atoms with Crippen molar-refractivity contribution < 1.29 is 9.21 Å². The fraction of sp³-hybridized carbons (Fsp3) is 0.471. The fourth-order valence-electron chi connectivity index (χ4n) is 3.03. The number of rotatable bonds is 3. The Kier molecular flexibility index (Phi) is 3.88. The summed E-state index contributed by atoms with van der Waals surface area (Å²) in [5.74, 6) is 0.170. The molecule has 1 unspecified atom stereocenters. The third-order valence-corrected chi connectivity index (χ3v) is 4.32. The van der Waals surface area contributed by atoms with E-state index < -0.39 is 0 Å². The predicted molar refractivity (Wildman–Crippen MR) is 80.0 cm³/mol. The molecular weight excluding hydrogens is 250 g/mol. The van der Waals surface area contributed by atoms with Crippen molar-refractivity contribution in [1.29, 1.82) is 0 Å². The van der Waals surface area contributed by atoms with Gasteiger partial charge in [-0.25, -0.2) is 0 Å². The van der Waals surface area contributed by atoms with Crippen LogP contribution in [0.3, 0.4) is 0 Å². The Morgan fingerprint density at radius 1 is 1.30 bits per heavy atom. The molecule has 1 fully saturated rings. The number of furan rings is 1. The topological polar surface area (TPSA) is 33.5 Å². The van der Waals surface area contributed by atoms with E-state index in [1.165, 1.54) is 25.7 Å². The van der Waals surface area contributed by atoms with E-state index in [1.807, 2.05) is 24.3 Å². The van der Waals surface area contributed by atoms with Gasteiger partial charge in [0.1, 0.15) is 11.8 Å². The molecule has 0 spiro atoms. The van der Waals surface area contributed by atoms with Gasteiger partial charge in [-0.15, -0.1) is 0 Å². The first-order valence-electron chi connectivity index (χ1n) is 7.49. The molecule has 1 aromatic heterocycles. The van der Waals surface area contributed by atoms with Gasteiger partial charge in [0.15, 0.2) is 5.78 Å². The van der Waals surface area contributed by atoms with Gasteiger partial charge in [-0.3, -0.25) is 9.69 Å². The molecule has 1 aromatic carbocycles. The molecule has 1 saturated heterocycles. The Morgan fingerprint density at radius 3 is 3.05 bits per heavy atom. The van der Waals surface area contributed by atoms with E-state index in [4.69, 9.17) is 4.42 Å². The number of carbonyl (C=O) groups excluding carboxylic acids is 1. The minimum atomic E-state index is 0.170. The Labute approximate surface area is 119 Å². The van der Waals surface area contributed by atoms with Crippen molar-refractivity contribution in [2.24, 2.45) is 0 Å². The smallest absolute Gasteiger partial charge is 0.180 e. The zero-order chi connectivity index (χ0) is 13.9. The number of carbonyl (C=O) groups is 1. The first kappa shape index (κ1) is 13.4. The summed E-state index contributed by atoms with van der Waals surface area (Å²) in [5.41, 5.74) is 1.51. The number of hydrogen-bond acceptors (Lipinski definition) is 3. The number of fused-ring (bicyclic) bond motifs is 1. The maximum atomic E-state index is 12.5. The molecule has 3 rings (SSSR count). The first-order chi connectivity index (χ1) is 9.75. The first-order valence-corrected chi connectivity index (χ1v) is 7.49. The summed E-state index contributed by atoms with van der Waals surface area (Å²) in [6, 6.07) is 8.23. The lowest BCUT2D eigenvalue weighted by Crippen LogP contribution is -2.36. The molecule has 2 aromatic rings. The van der Waals surface area contributed by atoms with Crippen LogP contribution in [0.2, 0.25) is 0 Å². The molecule has 3 heteroatoms. The molecule has 106 valence electrons. The van der Waals surface area contributed by atoms with Gasteiger partial charge in [-0.1, -0.05) is 31.0 Å². The van der Waals surface area contributed by atoms with Crippen LogP contribution in [0.15, 0.2) is 34.9 Å². The standard InChI is InChI=1S/C17H21NO2/c1-13-7-3-2-6-10-18(13)11-16(19)15-12-20-17-9-5-4-8-14(15)17/h4-5,8-9,12-13H,2-3,6-7,10-11H2,1H3. The van der Waals surface area contributed by atoms with Gasteiger partial charge in [-0.05, 0) is 32.4 Å².